The van der Waals surface area contributed by atoms with Crippen molar-refractivity contribution in [2.24, 2.45) is 5.73 Å². The molecular weight excluding hydrogens is 228 g/mol. The first-order valence-electron chi connectivity index (χ1n) is 6.87. The van der Waals surface area contributed by atoms with Gasteiger partial charge in [-0.1, -0.05) is 6.92 Å². The van der Waals surface area contributed by atoms with Gasteiger partial charge in [0.05, 0.1) is 19.3 Å². The molecule has 1 aliphatic rings. The Morgan fingerprint density at radius 3 is 3.22 bits per heavy atom. The van der Waals surface area contributed by atoms with Crippen LogP contribution in [-0.2, 0) is 17.8 Å². The maximum absolute atomic E-state index is 5.70. The fourth-order valence-corrected chi connectivity index (χ4v) is 2.42. The third-order valence-corrected chi connectivity index (χ3v) is 3.34. The Kier molecular flexibility index (Phi) is 5.16. The summed E-state index contributed by atoms with van der Waals surface area (Å²) in [5.74, 6) is 1.16. The zero-order chi connectivity index (χ0) is 12.8. The number of imidazole rings is 1. The molecule has 0 aromatic carbocycles. The Bertz CT molecular complexity index is 351. The monoisotopic (exact) mass is 252 g/mol. The second-order valence-corrected chi connectivity index (χ2v) is 4.84. The normalized spacial score (nSPS) is 21.3. The van der Waals surface area contributed by atoms with Gasteiger partial charge in [0.25, 0.3) is 0 Å². The molecule has 1 aliphatic heterocycles. The van der Waals surface area contributed by atoms with Crippen molar-refractivity contribution in [3.05, 3.63) is 18.2 Å². The van der Waals surface area contributed by atoms with Crippen LogP contribution in [0.3, 0.4) is 0 Å². The average Bonchev–Trinajstić information content (AvgIpc) is 2.78. The molecule has 1 aromatic heterocycles. The highest BCUT2D eigenvalue weighted by molar-refractivity contribution is 4.93. The molecule has 1 atom stereocenters. The van der Waals surface area contributed by atoms with Crippen molar-refractivity contribution in [2.75, 3.05) is 26.2 Å². The molecule has 5 nitrogen and oxygen atoms in total. The van der Waals surface area contributed by atoms with Gasteiger partial charge in [-0.3, -0.25) is 4.90 Å². The van der Waals surface area contributed by atoms with Crippen LogP contribution in [0.25, 0.3) is 0 Å². The molecule has 2 N–H and O–H groups in total. The van der Waals surface area contributed by atoms with E-state index in [9.17, 15) is 0 Å². The molecule has 2 rings (SSSR count). The fraction of sp³-hybridized carbons (Fsp3) is 0.769. The van der Waals surface area contributed by atoms with Gasteiger partial charge in [0.2, 0.25) is 0 Å². The predicted molar refractivity (Wildman–Crippen MR) is 71.2 cm³/mol. The summed E-state index contributed by atoms with van der Waals surface area (Å²) >= 11 is 0. The Hall–Kier alpha value is -0.910. The van der Waals surface area contributed by atoms with E-state index in [1.165, 1.54) is 0 Å². The molecule has 0 radical (unpaired) electrons. The van der Waals surface area contributed by atoms with Crippen molar-refractivity contribution in [3.8, 4) is 0 Å². The van der Waals surface area contributed by atoms with Crippen LogP contribution >= 0.6 is 0 Å². The van der Waals surface area contributed by atoms with Gasteiger partial charge in [-0.05, 0) is 19.4 Å². The number of hydrogen-bond donors (Lipinski definition) is 1. The maximum atomic E-state index is 5.70. The average molecular weight is 252 g/mol. The quantitative estimate of drug-likeness (QED) is 0.815. The minimum absolute atomic E-state index is 0.290. The van der Waals surface area contributed by atoms with Crippen LogP contribution in [0, 0.1) is 0 Å². The summed E-state index contributed by atoms with van der Waals surface area (Å²) in [6, 6.07) is 0. The number of nitrogens with two attached hydrogens (primary N) is 1. The molecule has 0 spiro atoms. The molecule has 1 fully saturated rings. The van der Waals surface area contributed by atoms with E-state index in [1.807, 2.05) is 6.20 Å². The maximum Gasteiger partial charge on any atom is 0.122 e. The van der Waals surface area contributed by atoms with Gasteiger partial charge in [-0.2, -0.15) is 0 Å². The minimum Gasteiger partial charge on any atom is -0.376 e. The van der Waals surface area contributed by atoms with Crippen LogP contribution in [0.1, 0.15) is 25.6 Å². The number of morpholine rings is 1. The largest absolute Gasteiger partial charge is 0.376 e. The van der Waals surface area contributed by atoms with Gasteiger partial charge in [0.1, 0.15) is 5.82 Å². The molecule has 18 heavy (non-hydrogen) atoms. The van der Waals surface area contributed by atoms with Gasteiger partial charge in [0, 0.05) is 32.0 Å². The summed E-state index contributed by atoms with van der Waals surface area (Å²) in [4.78, 5) is 6.87. The second-order valence-electron chi connectivity index (χ2n) is 4.84. The lowest BCUT2D eigenvalue weighted by Gasteiger charge is -2.32. The van der Waals surface area contributed by atoms with Gasteiger partial charge < -0.3 is 15.0 Å². The highest BCUT2D eigenvalue weighted by atomic mass is 16.5. The molecule has 1 unspecified atom stereocenters. The van der Waals surface area contributed by atoms with E-state index in [0.717, 1.165) is 51.5 Å². The zero-order valence-corrected chi connectivity index (χ0v) is 11.2. The highest BCUT2D eigenvalue weighted by Gasteiger charge is 2.20. The second kappa shape index (κ2) is 6.87. The third kappa shape index (κ3) is 3.54. The number of hydrogen-bond acceptors (Lipinski definition) is 4. The zero-order valence-electron chi connectivity index (χ0n) is 11.2. The summed E-state index contributed by atoms with van der Waals surface area (Å²) in [5.41, 5.74) is 5.59. The fourth-order valence-electron chi connectivity index (χ4n) is 2.42. The minimum atomic E-state index is 0.290. The summed E-state index contributed by atoms with van der Waals surface area (Å²) < 4.78 is 7.94. The summed E-state index contributed by atoms with van der Waals surface area (Å²) in [6.45, 7) is 7.61. The molecule has 0 amide bonds. The van der Waals surface area contributed by atoms with Gasteiger partial charge in [-0.15, -0.1) is 0 Å². The van der Waals surface area contributed by atoms with Gasteiger partial charge >= 0.3 is 0 Å². The number of aromatic nitrogens is 2. The van der Waals surface area contributed by atoms with E-state index < -0.39 is 0 Å². The summed E-state index contributed by atoms with van der Waals surface area (Å²) in [5, 5.41) is 0. The van der Waals surface area contributed by atoms with Crippen LogP contribution in [0.15, 0.2) is 12.4 Å². The molecule has 1 saturated heterocycles. The summed E-state index contributed by atoms with van der Waals surface area (Å²) in [6.07, 6.45) is 6.33. The van der Waals surface area contributed by atoms with Crippen LogP contribution in [0.2, 0.25) is 0 Å². The number of nitrogens with zero attached hydrogens (tertiary/aromatic N) is 3. The Morgan fingerprint density at radius 1 is 1.56 bits per heavy atom. The smallest absolute Gasteiger partial charge is 0.122 e. The van der Waals surface area contributed by atoms with E-state index in [-0.39, 0.29) is 0 Å². The molecule has 0 saturated carbocycles. The van der Waals surface area contributed by atoms with Crippen molar-refractivity contribution >= 4 is 0 Å². The lowest BCUT2D eigenvalue weighted by Crippen LogP contribution is -2.43. The van der Waals surface area contributed by atoms with Crippen molar-refractivity contribution < 1.29 is 4.74 Å². The third-order valence-electron chi connectivity index (χ3n) is 3.34. The lowest BCUT2D eigenvalue weighted by atomic mass is 10.2. The van der Waals surface area contributed by atoms with Crippen LogP contribution < -0.4 is 5.73 Å². The first-order valence-corrected chi connectivity index (χ1v) is 6.87. The van der Waals surface area contributed by atoms with Gasteiger partial charge in [-0.25, -0.2) is 4.98 Å². The lowest BCUT2D eigenvalue weighted by molar-refractivity contribution is -0.0345. The van der Waals surface area contributed by atoms with E-state index in [1.54, 1.807) is 0 Å². The van der Waals surface area contributed by atoms with Crippen molar-refractivity contribution in [3.63, 3.8) is 0 Å². The Labute approximate surface area is 109 Å². The molecule has 5 heteroatoms. The number of ether oxygens (including phenoxy) is 1. The Balaban J connectivity index is 1.89. The molecule has 102 valence electrons. The molecule has 1 aromatic rings. The highest BCUT2D eigenvalue weighted by Crippen LogP contribution is 2.11. The first kappa shape index (κ1) is 13.5. The van der Waals surface area contributed by atoms with Crippen molar-refractivity contribution in [2.45, 2.75) is 39.0 Å². The van der Waals surface area contributed by atoms with Gasteiger partial charge in [0.15, 0.2) is 0 Å². The van der Waals surface area contributed by atoms with Crippen LogP contribution in [0.5, 0.6) is 0 Å². The topological polar surface area (TPSA) is 56.3 Å². The molecular formula is C13H24N4O. The van der Waals surface area contributed by atoms with E-state index >= 15 is 0 Å². The SMILES string of the molecule is CCCn1ccnc1CN1CCOC(CCN)C1. The number of aryl methyl sites for hydroxylation is 1. The summed E-state index contributed by atoms with van der Waals surface area (Å²) in [7, 11) is 0. The van der Waals surface area contributed by atoms with Crippen LogP contribution in [0.4, 0.5) is 0 Å². The standard InChI is InChI=1S/C13H24N4O/c1-2-6-17-7-5-15-13(17)11-16-8-9-18-12(10-16)3-4-14/h5,7,12H,2-4,6,8-11,14H2,1H3. The van der Waals surface area contributed by atoms with Crippen molar-refractivity contribution in [1.82, 2.24) is 14.5 Å². The molecule has 0 aliphatic carbocycles. The van der Waals surface area contributed by atoms with E-state index in [0.29, 0.717) is 12.6 Å². The Morgan fingerprint density at radius 2 is 2.44 bits per heavy atom. The van der Waals surface area contributed by atoms with E-state index in [2.05, 4.69) is 27.6 Å². The molecule has 2 heterocycles. The van der Waals surface area contributed by atoms with Crippen molar-refractivity contribution in [1.29, 1.82) is 0 Å². The molecule has 0 bridgehead atoms. The predicted octanol–water partition coefficient (Wildman–Crippen LogP) is 0.843. The van der Waals surface area contributed by atoms with Crippen LogP contribution in [-0.4, -0.2) is 46.8 Å². The van der Waals surface area contributed by atoms with E-state index in [4.69, 9.17) is 10.5 Å². The number of rotatable bonds is 6. The first-order chi connectivity index (χ1) is 8.83.